The second-order valence-electron chi connectivity index (χ2n) is 11.1. The highest BCUT2D eigenvalue weighted by Crippen LogP contribution is 2.40. The molecule has 0 spiro atoms. The van der Waals surface area contributed by atoms with Crippen molar-refractivity contribution < 1.29 is 39.9 Å². The Bertz CT molecular complexity index is 1770. The Morgan fingerprint density at radius 3 is 2.15 bits per heavy atom. The first kappa shape index (κ1) is 33.1. The van der Waals surface area contributed by atoms with E-state index in [1.54, 1.807) is 9.58 Å². The number of aromatic nitrogens is 2. The Morgan fingerprint density at radius 1 is 0.891 bits per heavy atom. The fourth-order valence-electron chi connectivity index (χ4n) is 5.90. The van der Waals surface area contributed by atoms with Gasteiger partial charge in [0.2, 0.25) is 5.91 Å². The normalized spacial score (nSPS) is 14.0. The first-order chi connectivity index (χ1) is 21.6. The summed E-state index contributed by atoms with van der Waals surface area (Å²) in [5, 5.41) is 7.07. The van der Waals surface area contributed by atoms with Crippen LogP contribution in [0.5, 0.6) is 0 Å². The Kier molecular flexibility index (Phi) is 9.00. The molecule has 1 N–H and O–H groups in total. The van der Waals surface area contributed by atoms with E-state index in [2.05, 4.69) is 5.32 Å². The molecule has 0 bridgehead atoms. The molecule has 3 aromatic carbocycles. The summed E-state index contributed by atoms with van der Waals surface area (Å²) in [5.74, 6) is -2.37. The molecule has 244 valence electrons. The quantitative estimate of drug-likeness (QED) is 0.204. The molecule has 0 unspecified atom stereocenters. The molecule has 1 aromatic heterocycles. The summed E-state index contributed by atoms with van der Waals surface area (Å²) in [4.78, 5) is 13.2. The molecule has 0 saturated carbocycles. The Labute approximate surface area is 259 Å². The summed E-state index contributed by atoms with van der Waals surface area (Å²) in [6.07, 6.45) is -8.58. The number of fused-ring (bicyclic) bond motifs is 1. The van der Waals surface area contributed by atoms with Gasteiger partial charge in [0.1, 0.15) is 11.6 Å². The second kappa shape index (κ2) is 12.5. The lowest BCUT2D eigenvalue weighted by atomic mass is 9.97. The third-order valence-corrected chi connectivity index (χ3v) is 8.05. The van der Waals surface area contributed by atoms with Gasteiger partial charge in [-0.15, -0.1) is 0 Å². The minimum Gasteiger partial charge on any atom is -0.324 e. The number of carbonyl (C=O) groups excluding carboxylic acids is 1. The summed E-state index contributed by atoms with van der Waals surface area (Å²) in [6, 6.07) is 9.04. The monoisotopic (exact) mass is 650 g/mol. The summed E-state index contributed by atoms with van der Waals surface area (Å²) < 4.78 is 114. The van der Waals surface area contributed by atoms with Crippen molar-refractivity contribution in [3.05, 3.63) is 99.2 Å². The average Bonchev–Trinajstić information content (AvgIpc) is 3.35. The molecule has 1 amide bonds. The van der Waals surface area contributed by atoms with E-state index in [0.717, 1.165) is 36.2 Å². The van der Waals surface area contributed by atoms with Crippen LogP contribution in [-0.4, -0.2) is 27.1 Å². The van der Waals surface area contributed by atoms with Crippen molar-refractivity contribution in [3.63, 3.8) is 0 Å². The molecule has 0 atom stereocenters. The number of anilines is 1. The highest BCUT2D eigenvalue weighted by Gasteiger charge is 2.39. The van der Waals surface area contributed by atoms with Crippen molar-refractivity contribution in [2.24, 2.45) is 0 Å². The van der Waals surface area contributed by atoms with Gasteiger partial charge in [-0.05, 0) is 47.7 Å². The van der Waals surface area contributed by atoms with Gasteiger partial charge in [0.15, 0.2) is 0 Å². The average molecular weight is 651 g/mol. The lowest BCUT2D eigenvalue weighted by Crippen LogP contribution is -2.31. The van der Waals surface area contributed by atoms with Crippen molar-refractivity contribution in [1.82, 2.24) is 14.7 Å². The van der Waals surface area contributed by atoms with Crippen LogP contribution in [0, 0.1) is 11.6 Å². The molecular weight excluding hydrogens is 620 g/mol. The van der Waals surface area contributed by atoms with Gasteiger partial charge in [-0.2, -0.15) is 31.4 Å². The van der Waals surface area contributed by atoms with Gasteiger partial charge in [0.05, 0.1) is 33.9 Å². The lowest BCUT2D eigenvalue weighted by Gasteiger charge is -2.28. The van der Waals surface area contributed by atoms with E-state index in [4.69, 9.17) is 5.10 Å². The third kappa shape index (κ3) is 6.51. The Balaban J connectivity index is 1.65. The topological polar surface area (TPSA) is 50.2 Å². The van der Waals surface area contributed by atoms with Crippen LogP contribution in [0.1, 0.15) is 59.8 Å². The maximum atomic E-state index is 15.8. The molecule has 1 aliphatic heterocycles. The number of hydrogen-bond donors (Lipinski definition) is 1. The SMILES string of the molecule is CCc1cccc(CC)c1-n1nc2c(c1-c1cc(F)c(NC(C)=O)cc1F)CN(Cc1ccc(C(F)(F)F)cc1C(F)(F)F)CC2. The van der Waals surface area contributed by atoms with E-state index in [-0.39, 0.29) is 54.6 Å². The van der Waals surface area contributed by atoms with Gasteiger partial charge in [0.25, 0.3) is 0 Å². The predicted molar refractivity (Wildman–Crippen MR) is 156 cm³/mol. The number of nitrogens with one attached hydrogen (secondary N) is 1. The molecule has 4 aromatic rings. The minimum atomic E-state index is -5.04. The van der Waals surface area contributed by atoms with E-state index < -0.39 is 41.0 Å². The molecular formula is C33H30F8N4O. The summed E-state index contributed by atoms with van der Waals surface area (Å²) >= 11 is 0. The van der Waals surface area contributed by atoms with Crippen LogP contribution in [0.2, 0.25) is 0 Å². The molecule has 46 heavy (non-hydrogen) atoms. The molecule has 1 aliphatic rings. The van der Waals surface area contributed by atoms with E-state index in [0.29, 0.717) is 35.9 Å². The van der Waals surface area contributed by atoms with Crippen LogP contribution in [0.15, 0.2) is 48.5 Å². The smallest absolute Gasteiger partial charge is 0.324 e. The van der Waals surface area contributed by atoms with Crippen LogP contribution in [0.3, 0.4) is 0 Å². The molecule has 0 saturated heterocycles. The number of hydrogen-bond acceptors (Lipinski definition) is 3. The van der Waals surface area contributed by atoms with E-state index in [1.807, 2.05) is 32.0 Å². The zero-order valence-corrected chi connectivity index (χ0v) is 25.1. The molecule has 0 radical (unpaired) electrons. The van der Waals surface area contributed by atoms with Crippen molar-refractivity contribution in [2.75, 3.05) is 11.9 Å². The number of rotatable bonds is 7. The third-order valence-electron chi connectivity index (χ3n) is 8.05. The first-order valence-electron chi connectivity index (χ1n) is 14.6. The summed E-state index contributed by atoms with van der Waals surface area (Å²) in [5.41, 5.74) is -0.0509. The van der Waals surface area contributed by atoms with Crippen LogP contribution in [0.4, 0.5) is 40.8 Å². The number of benzene rings is 3. The zero-order valence-electron chi connectivity index (χ0n) is 25.1. The van der Waals surface area contributed by atoms with Gasteiger partial charge in [-0.25, -0.2) is 13.5 Å². The molecule has 13 heteroatoms. The second-order valence-corrected chi connectivity index (χ2v) is 11.1. The molecule has 2 heterocycles. The van der Waals surface area contributed by atoms with Crippen LogP contribution in [0.25, 0.3) is 16.9 Å². The highest BCUT2D eigenvalue weighted by molar-refractivity contribution is 5.89. The maximum absolute atomic E-state index is 15.8. The van der Waals surface area contributed by atoms with Gasteiger partial charge in [-0.1, -0.05) is 38.1 Å². The largest absolute Gasteiger partial charge is 0.416 e. The highest BCUT2D eigenvalue weighted by atomic mass is 19.4. The number of amides is 1. The number of aryl methyl sites for hydroxylation is 2. The molecule has 0 fully saturated rings. The Morgan fingerprint density at radius 2 is 1.57 bits per heavy atom. The summed E-state index contributed by atoms with van der Waals surface area (Å²) in [7, 11) is 0. The van der Waals surface area contributed by atoms with Gasteiger partial charge in [-0.3, -0.25) is 9.69 Å². The van der Waals surface area contributed by atoms with Crippen molar-refractivity contribution in [3.8, 4) is 16.9 Å². The van der Waals surface area contributed by atoms with Gasteiger partial charge < -0.3 is 5.32 Å². The van der Waals surface area contributed by atoms with Crippen LogP contribution < -0.4 is 5.32 Å². The molecule has 5 nitrogen and oxygen atoms in total. The number of para-hydroxylation sites is 1. The zero-order chi connectivity index (χ0) is 33.6. The minimum absolute atomic E-state index is 0.0345. The van der Waals surface area contributed by atoms with Crippen LogP contribution in [-0.2, 0) is 49.5 Å². The molecule has 0 aliphatic carbocycles. The van der Waals surface area contributed by atoms with E-state index >= 15 is 8.78 Å². The number of nitrogens with zero attached hydrogens (tertiary/aromatic N) is 3. The Hall–Kier alpha value is -4.26. The fourth-order valence-corrected chi connectivity index (χ4v) is 5.90. The number of halogens is 8. The predicted octanol–water partition coefficient (Wildman–Crippen LogP) is 8.50. The lowest BCUT2D eigenvalue weighted by molar-refractivity contribution is -0.143. The standard InChI is InChI=1S/C33H30F8N4O/c1-4-19-7-6-8-20(5-2)30(19)45-31(23-14-27(35)29(15-26(23)34)42-18(3)46)24-17-44(12-11-28(24)43-45)16-21-9-10-22(32(36,37)38)13-25(21)33(39,40)41/h6-10,13-15H,4-5,11-12,16-17H2,1-3H3,(H,42,46). The van der Waals surface area contributed by atoms with Crippen molar-refractivity contribution >= 4 is 11.6 Å². The molecule has 5 rings (SSSR count). The van der Waals surface area contributed by atoms with E-state index in [9.17, 15) is 31.1 Å². The number of alkyl halides is 6. The van der Waals surface area contributed by atoms with E-state index in [1.165, 1.54) is 0 Å². The van der Waals surface area contributed by atoms with Gasteiger partial charge in [0, 0.05) is 50.2 Å². The summed E-state index contributed by atoms with van der Waals surface area (Å²) in [6.45, 7) is 4.87. The van der Waals surface area contributed by atoms with Crippen molar-refractivity contribution in [2.45, 2.75) is 65.5 Å². The fraction of sp³-hybridized carbons (Fsp3) is 0.333. The van der Waals surface area contributed by atoms with Crippen LogP contribution >= 0.6 is 0 Å². The van der Waals surface area contributed by atoms with Crippen molar-refractivity contribution in [1.29, 1.82) is 0 Å². The first-order valence-corrected chi connectivity index (χ1v) is 14.6. The van der Waals surface area contributed by atoms with Gasteiger partial charge >= 0.3 is 12.4 Å². The number of carbonyl (C=O) groups is 1. The maximum Gasteiger partial charge on any atom is 0.416 e.